The van der Waals surface area contributed by atoms with E-state index in [4.69, 9.17) is 23.1 Å². The minimum absolute atomic E-state index is 0.273. The third kappa shape index (κ3) is 3.84. The van der Waals surface area contributed by atoms with Crippen LogP contribution in [-0.2, 0) is 4.79 Å². The molecule has 0 fully saturated rings. The van der Waals surface area contributed by atoms with Gasteiger partial charge in [0.05, 0.1) is 10.7 Å². The van der Waals surface area contributed by atoms with Gasteiger partial charge in [-0.3, -0.25) is 4.79 Å². The largest absolute Gasteiger partial charge is 0.382 e. The molecule has 1 atom stereocenters. The predicted molar refractivity (Wildman–Crippen MR) is 69.8 cm³/mol. The fourth-order valence-electron chi connectivity index (χ4n) is 0.953. The highest BCUT2D eigenvalue weighted by atomic mass is 127. The van der Waals surface area contributed by atoms with E-state index >= 15 is 0 Å². The molecular weight excluding hydrogens is 328 g/mol. The van der Waals surface area contributed by atoms with E-state index in [1.54, 1.807) is 0 Å². The van der Waals surface area contributed by atoms with Crippen molar-refractivity contribution in [2.75, 3.05) is 11.9 Å². The Balaban J connectivity index is 2.62. The van der Waals surface area contributed by atoms with Gasteiger partial charge in [0.25, 0.3) is 0 Å². The molecular formula is C9H11ClIN3O. The number of anilines is 1. The average molecular weight is 340 g/mol. The Kier molecular flexibility index (Phi) is 4.62. The van der Waals surface area contributed by atoms with Crippen LogP contribution in [0, 0.1) is 3.57 Å². The van der Waals surface area contributed by atoms with Gasteiger partial charge in [0.1, 0.15) is 6.04 Å². The minimum Gasteiger partial charge on any atom is -0.382 e. The molecule has 6 heteroatoms. The first-order valence-corrected chi connectivity index (χ1v) is 5.70. The SMILES string of the molecule is NC(=O)C(N)CNc1ccc(I)cc1Cl. The van der Waals surface area contributed by atoms with Gasteiger partial charge in [0.15, 0.2) is 0 Å². The number of amides is 1. The van der Waals surface area contributed by atoms with Gasteiger partial charge in [0.2, 0.25) is 5.91 Å². The molecule has 0 bridgehead atoms. The fraction of sp³-hybridized carbons (Fsp3) is 0.222. The van der Waals surface area contributed by atoms with Crippen LogP contribution in [0.3, 0.4) is 0 Å². The van der Waals surface area contributed by atoms with Crippen LogP contribution in [0.5, 0.6) is 0 Å². The smallest absolute Gasteiger partial charge is 0.236 e. The Labute approximate surface area is 106 Å². The summed E-state index contributed by atoms with van der Waals surface area (Å²) in [7, 11) is 0. The minimum atomic E-state index is -0.708. The Morgan fingerprint density at radius 3 is 2.80 bits per heavy atom. The summed E-state index contributed by atoms with van der Waals surface area (Å²) < 4.78 is 1.04. The molecule has 4 nitrogen and oxygen atoms in total. The van der Waals surface area contributed by atoms with Gasteiger partial charge in [-0.25, -0.2) is 0 Å². The van der Waals surface area contributed by atoms with Crippen molar-refractivity contribution >= 4 is 45.8 Å². The summed E-state index contributed by atoms with van der Waals surface area (Å²) in [4.78, 5) is 10.7. The van der Waals surface area contributed by atoms with Crippen molar-refractivity contribution in [3.8, 4) is 0 Å². The maximum Gasteiger partial charge on any atom is 0.236 e. The van der Waals surface area contributed by atoms with Crippen LogP contribution in [0.25, 0.3) is 0 Å². The van der Waals surface area contributed by atoms with E-state index in [-0.39, 0.29) is 6.54 Å². The molecule has 1 amide bonds. The molecule has 82 valence electrons. The monoisotopic (exact) mass is 339 g/mol. The Bertz CT molecular complexity index is 372. The molecule has 1 unspecified atom stereocenters. The second kappa shape index (κ2) is 5.53. The van der Waals surface area contributed by atoms with Crippen LogP contribution < -0.4 is 16.8 Å². The number of primary amides is 1. The summed E-state index contributed by atoms with van der Waals surface area (Å²) in [6.07, 6.45) is 0. The maximum absolute atomic E-state index is 10.7. The number of rotatable bonds is 4. The second-order valence-electron chi connectivity index (χ2n) is 3.01. The van der Waals surface area contributed by atoms with Gasteiger partial charge >= 0.3 is 0 Å². The third-order valence-electron chi connectivity index (χ3n) is 1.81. The lowest BCUT2D eigenvalue weighted by Crippen LogP contribution is -2.41. The lowest BCUT2D eigenvalue weighted by atomic mass is 10.2. The van der Waals surface area contributed by atoms with Crippen LogP contribution >= 0.6 is 34.2 Å². The normalized spacial score (nSPS) is 12.2. The molecule has 0 heterocycles. The van der Waals surface area contributed by atoms with Crippen molar-refractivity contribution in [3.05, 3.63) is 26.8 Å². The third-order valence-corrected chi connectivity index (χ3v) is 2.79. The van der Waals surface area contributed by atoms with Crippen LogP contribution in [0.1, 0.15) is 0 Å². The van der Waals surface area contributed by atoms with Crippen LogP contribution in [-0.4, -0.2) is 18.5 Å². The highest BCUT2D eigenvalue weighted by Crippen LogP contribution is 2.23. The van der Waals surface area contributed by atoms with Crippen molar-refractivity contribution in [2.45, 2.75) is 6.04 Å². The number of carbonyl (C=O) groups is 1. The van der Waals surface area contributed by atoms with Crippen molar-refractivity contribution in [2.24, 2.45) is 11.5 Å². The molecule has 0 spiro atoms. The molecule has 15 heavy (non-hydrogen) atoms. The number of carbonyl (C=O) groups excluding carboxylic acids is 1. The molecule has 1 aromatic rings. The molecule has 0 aliphatic rings. The molecule has 0 radical (unpaired) electrons. The number of hydrogen-bond acceptors (Lipinski definition) is 3. The summed E-state index contributed by atoms with van der Waals surface area (Å²) in [6, 6.07) is 4.85. The van der Waals surface area contributed by atoms with E-state index in [1.807, 2.05) is 18.2 Å². The van der Waals surface area contributed by atoms with Crippen LogP contribution in [0.2, 0.25) is 5.02 Å². The van der Waals surface area contributed by atoms with E-state index in [2.05, 4.69) is 27.9 Å². The molecule has 0 aliphatic heterocycles. The lowest BCUT2D eigenvalue weighted by molar-refractivity contribution is -0.118. The molecule has 1 rings (SSSR count). The predicted octanol–water partition coefficient (Wildman–Crippen LogP) is 1.17. The van der Waals surface area contributed by atoms with Crippen LogP contribution in [0.15, 0.2) is 18.2 Å². The number of benzene rings is 1. The van der Waals surface area contributed by atoms with Crippen LogP contribution in [0.4, 0.5) is 5.69 Å². The van der Waals surface area contributed by atoms with Crippen molar-refractivity contribution in [1.29, 1.82) is 0 Å². The second-order valence-corrected chi connectivity index (χ2v) is 4.67. The molecule has 0 saturated carbocycles. The fourth-order valence-corrected chi connectivity index (χ4v) is 1.88. The number of hydrogen-bond donors (Lipinski definition) is 3. The zero-order valence-corrected chi connectivity index (χ0v) is 10.7. The van der Waals surface area contributed by atoms with Gasteiger partial charge in [-0.2, -0.15) is 0 Å². The molecule has 0 saturated heterocycles. The Hall–Kier alpha value is -0.530. The first kappa shape index (κ1) is 12.5. The summed E-state index contributed by atoms with van der Waals surface area (Å²) in [6.45, 7) is 0.273. The first-order chi connectivity index (χ1) is 7.00. The van der Waals surface area contributed by atoms with Gasteiger partial charge in [-0.1, -0.05) is 11.6 Å². The van der Waals surface area contributed by atoms with Gasteiger partial charge in [-0.15, -0.1) is 0 Å². The zero-order chi connectivity index (χ0) is 11.4. The van der Waals surface area contributed by atoms with E-state index in [0.29, 0.717) is 5.02 Å². The maximum atomic E-state index is 10.7. The van der Waals surface area contributed by atoms with Crippen molar-refractivity contribution < 1.29 is 4.79 Å². The van der Waals surface area contributed by atoms with Crippen molar-refractivity contribution in [1.82, 2.24) is 0 Å². The number of halogens is 2. The molecule has 0 aromatic heterocycles. The van der Waals surface area contributed by atoms with E-state index < -0.39 is 11.9 Å². The highest BCUT2D eigenvalue weighted by molar-refractivity contribution is 14.1. The molecule has 1 aromatic carbocycles. The summed E-state index contributed by atoms with van der Waals surface area (Å²) in [5.41, 5.74) is 11.2. The number of nitrogens with one attached hydrogen (secondary N) is 1. The zero-order valence-electron chi connectivity index (χ0n) is 7.84. The van der Waals surface area contributed by atoms with E-state index in [0.717, 1.165) is 9.26 Å². The van der Waals surface area contributed by atoms with E-state index in [1.165, 1.54) is 0 Å². The highest BCUT2D eigenvalue weighted by Gasteiger charge is 2.09. The summed E-state index contributed by atoms with van der Waals surface area (Å²) >= 11 is 8.13. The topological polar surface area (TPSA) is 81.1 Å². The van der Waals surface area contributed by atoms with E-state index in [9.17, 15) is 4.79 Å². The Morgan fingerprint density at radius 2 is 2.27 bits per heavy atom. The molecule has 5 N–H and O–H groups in total. The summed E-state index contributed by atoms with van der Waals surface area (Å²) in [5.74, 6) is -0.538. The standard InChI is InChI=1S/C9H11ClIN3O/c10-6-3-5(11)1-2-8(6)14-4-7(12)9(13)15/h1-3,7,14H,4,12H2,(H2,13,15). The molecule has 0 aliphatic carbocycles. The van der Waals surface area contributed by atoms with Gasteiger partial charge in [-0.05, 0) is 40.8 Å². The summed E-state index contributed by atoms with van der Waals surface area (Å²) in [5, 5.41) is 3.56. The quantitative estimate of drug-likeness (QED) is 0.720. The lowest BCUT2D eigenvalue weighted by Gasteiger charge is -2.11. The Morgan fingerprint density at radius 1 is 1.60 bits per heavy atom. The first-order valence-electron chi connectivity index (χ1n) is 4.24. The number of nitrogens with two attached hydrogens (primary N) is 2. The average Bonchev–Trinajstić information content (AvgIpc) is 2.15. The van der Waals surface area contributed by atoms with Gasteiger partial charge < -0.3 is 16.8 Å². The van der Waals surface area contributed by atoms with Gasteiger partial charge in [0, 0.05) is 10.1 Å². The van der Waals surface area contributed by atoms with Crippen molar-refractivity contribution in [3.63, 3.8) is 0 Å².